The average Bonchev–Trinajstić information content (AvgIpc) is 3.45. The zero-order chi connectivity index (χ0) is 16.6. The number of nitrogens with zero attached hydrogens (tertiary/aromatic N) is 2. The second-order valence-electron chi connectivity index (χ2n) is 7.48. The van der Waals surface area contributed by atoms with Gasteiger partial charge in [-0.05, 0) is 50.2 Å². The molecular formula is C20H26N2O2. The first-order valence-electron chi connectivity index (χ1n) is 9.42. The van der Waals surface area contributed by atoms with E-state index in [9.17, 15) is 9.59 Å². The molecule has 4 rings (SSSR count). The van der Waals surface area contributed by atoms with Crippen molar-refractivity contribution in [3.63, 3.8) is 0 Å². The molecule has 4 nitrogen and oxygen atoms in total. The van der Waals surface area contributed by atoms with Crippen molar-refractivity contribution in [1.29, 1.82) is 0 Å². The Labute approximate surface area is 143 Å². The molecule has 24 heavy (non-hydrogen) atoms. The largest absolute Gasteiger partial charge is 0.342 e. The molecule has 3 aliphatic rings. The van der Waals surface area contributed by atoms with Crippen LogP contribution in [0, 0.1) is 5.41 Å². The molecule has 2 fully saturated rings. The first kappa shape index (κ1) is 15.7. The van der Waals surface area contributed by atoms with Crippen LogP contribution in [0.5, 0.6) is 0 Å². The molecule has 2 heterocycles. The van der Waals surface area contributed by atoms with Gasteiger partial charge in [0.05, 0.1) is 0 Å². The molecule has 0 aromatic heterocycles. The van der Waals surface area contributed by atoms with E-state index in [2.05, 4.69) is 6.07 Å². The van der Waals surface area contributed by atoms with Crippen molar-refractivity contribution in [2.45, 2.75) is 51.4 Å². The summed E-state index contributed by atoms with van der Waals surface area (Å²) in [6.07, 6.45) is 7.99. The number of amides is 2. The lowest BCUT2D eigenvalue weighted by Gasteiger charge is -2.34. The Bertz CT molecular complexity index is 643. The third kappa shape index (κ3) is 2.62. The van der Waals surface area contributed by atoms with E-state index in [4.69, 9.17) is 0 Å². The normalized spacial score (nSPS) is 22.5. The Balaban J connectivity index is 1.57. The number of para-hydroxylation sites is 1. The summed E-state index contributed by atoms with van der Waals surface area (Å²) >= 11 is 0. The standard InChI is InChI=1S/C20H26N2O2/c23-18(21-13-5-1-2-6-14-21)20(11-12-20)19(24)22-15-7-9-16-8-3-4-10-17(16)22/h3-4,8,10H,1-2,5-7,9,11-15H2. The molecule has 128 valence electrons. The predicted molar refractivity (Wildman–Crippen MR) is 93.8 cm³/mol. The number of rotatable bonds is 2. The van der Waals surface area contributed by atoms with Crippen molar-refractivity contribution >= 4 is 17.5 Å². The Morgan fingerprint density at radius 2 is 1.54 bits per heavy atom. The number of hydrogen-bond acceptors (Lipinski definition) is 2. The van der Waals surface area contributed by atoms with E-state index in [1.165, 1.54) is 18.4 Å². The summed E-state index contributed by atoms with van der Waals surface area (Å²) in [5, 5.41) is 0. The third-order valence-corrected chi connectivity index (χ3v) is 5.82. The minimum absolute atomic E-state index is 0.0453. The number of carbonyl (C=O) groups excluding carboxylic acids is 2. The van der Waals surface area contributed by atoms with Crippen LogP contribution in [-0.4, -0.2) is 36.3 Å². The first-order valence-corrected chi connectivity index (χ1v) is 9.42. The molecule has 1 aliphatic carbocycles. The van der Waals surface area contributed by atoms with Crippen LogP contribution in [0.4, 0.5) is 5.69 Å². The number of likely N-dealkylation sites (tertiary alicyclic amines) is 1. The van der Waals surface area contributed by atoms with E-state index in [-0.39, 0.29) is 11.8 Å². The molecule has 0 unspecified atom stereocenters. The first-order chi connectivity index (χ1) is 11.7. The van der Waals surface area contributed by atoms with Crippen LogP contribution in [0.25, 0.3) is 0 Å². The molecule has 0 radical (unpaired) electrons. The highest BCUT2D eigenvalue weighted by Crippen LogP contribution is 2.50. The summed E-state index contributed by atoms with van der Waals surface area (Å²) in [5.74, 6) is 0.140. The van der Waals surface area contributed by atoms with Crippen LogP contribution in [0.2, 0.25) is 0 Å². The molecule has 1 saturated carbocycles. The second-order valence-corrected chi connectivity index (χ2v) is 7.48. The maximum Gasteiger partial charge on any atom is 0.242 e. The fourth-order valence-corrected chi connectivity index (χ4v) is 4.22. The third-order valence-electron chi connectivity index (χ3n) is 5.82. The zero-order valence-electron chi connectivity index (χ0n) is 14.3. The Hall–Kier alpha value is -1.84. The number of hydrogen-bond donors (Lipinski definition) is 0. The molecule has 2 aliphatic heterocycles. The molecule has 0 atom stereocenters. The number of aryl methyl sites for hydroxylation is 1. The lowest BCUT2D eigenvalue weighted by Crippen LogP contribution is -2.48. The van der Waals surface area contributed by atoms with Gasteiger partial charge in [-0.25, -0.2) is 0 Å². The number of anilines is 1. The SMILES string of the molecule is O=C(N1CCCCCC1)C1(C(=O)N2CCCc3ccccc32)CC1. The molecule has 1 aromatic carbocycles. The van der Waals surface area contributed by atoms with Crippen LogP contribution >= 0.6 is 0 Å². The van der Waals surface area contributed by atoms with E-state index >= 15 is 0 Å². The van der Waals surface area contributed by atoms with Gasteiger partial charge in [-0.2, -0.15) is 0 Å². The van der Waals surface area contributed by atoms with Crippen LogP contribution in [0.3, 0.4) is 0 Å². The Morgan fingerprint density at radius 3 is 2.25 bits per heavy atom. The summed E-state index contributed by atoms with van der Waals surface area (Å²) in [6, 6.07) is 8.15. The van der Waals surface area contributed by atoms with Gasteiger partial charge in [-0.15, -0.1) is 0 Å². The zero-order valence-corrected chi connectivity index (χ0v) is 14.3. The maximum atomic E-state index is 13.3. The summed E-state index contributed by atoms with van der Waals surface area (Å²) in [7, 11) is 0. The Kier molecular flexibility index (Phi) is 4.07. The van der Waals surface area contributed by atoms with E-state index in [1.807, 2.05) is 28.0 Å². The molecule has 0 bridgehead atoms. The van der Waals surface area contributed by atoms with E-state index in [0.29, 0.717) is 0 Å². The molecule has 1 saturated heterocycles. The van der Waals surface area contributed by atoms with Gasteiger partial charge in [0, 0.05) is 25.3 Å². The van der Waals surface area contributed by atoms with Gasteiger partial charge in [0.25, 0.3) is 0 Å². The van der Waals surface area contributed by atoms with Crippen LogP contribution in [-0.2, 0) is 16.0 Å². The van der Waals surface area contributed by atoms with E-state index in [1.54, 1.807) is 0 Å². The predicted octanol–water partition coefficient (Wildman–Crippen LogP) is 3.15. The molecule has 1 aromatic rings. The lowest BCUT2D eigenvalue weighted by atomic mass is 9.97. The van der Waals surface area contributed by atoms with Crippen LogP contribution < -0.4 is 4.90 Å². The fraction of sp³-hybridized carbons (Fsp3) is 0.600. The topological polar surface area (TPSA) is 40.6 Å². The smallest absolute Gasteiger partial charge is 0.242 e. The summed E-state index contributed by atoms with van der Waals surface area (Å²) in [5.41, 5.74) is 1.49. The van der Waals surface area contributed by atoms with Gasteiger partial charge in [0.2, 0.25) is 11.8 Å². The van der Waals surface area contributed by atoms with Gasteiger partial charge >= 0.3 is 0 Å². The van der Waals surface area contributed by atoms with Gasteiger partial charge < -0.3 is 9.80 Å². The summed E-state index contributed by atoms with van der Waals surface area (Å²) in [4.78, 5) is 30.3. The fourth-order valence-electron chi connectivity index (χ4n) is 4.22. The minimum Gasteiger partial charge on any atom is -0.342 e. The molecular weight excluding hydrogens is 300 g/mol. The lowest BCUT2D eigenvalue weighted by molar-refractivity contribution is -0.143. The second kappa shape index (κ2) is 6.23. The minimum atomic E-state index is -0.755. The molecule has 4 heteroatoms. The number of benzene rings is 1. The maximum absolute atomic E-state index is 13.3. The molecule has 2 amide bonds. The van der Waals surface area contributed by atoms with Crippen LogP contribution in [0.1, 0.15) is 50.5 Å². The number of fused-ring (bicyclic) bond motifs is 1. The van der Waals surface area contributed by atoms with Crippen molar-refractivity contribution in [1.82, 2.24) is 4.90 Å². The van der Waals surface area contributed by atoms with Crippen molar-refractivity contribution in [2.75, 3.05) is 24.5 Å². The van der Waals surface area contributed by atoms with Gasteiger partial charge in [0.15, 0.2) is 0 Å². The van der Waals surface area contributed by atoms with Crippen molar-refractivity contribution in [3.8, 4) is 0 Å². The van der Waals surface area contributed by atoms with Gasteiger partial charge in [-0.1, -0.05) is 31.0 Å². The summed E-state index contributed by atoms with van der Waals surface area (Å²) in [6.45, 7) is 2.39. The highest BCUT2D eigenvalue weighted by atomic mass is 16.2. The van der Waals surface area contributed by atoms with Gasteiger partial charge in [-0.3, -0.25) is 9.59 Å². The number of carbonyl (C=O) groups is 2. The van der Waals surface area contributed by atoms with E-state index in [0.717, 1.165) is 63.8 Å². The van der Waals surface area contributed by atoms with Crippen molar-refractivity contribution in [2.24, 2.45) is 5.41 Å². The Morgan fingerprint density at radius 1 is 0.833 bits per heavy atom. The van der Waals surface area contributed by atoms with Crippen molar-refractivity contribution < 1.29 is 9.59 Å². The molecule has 0 spiro atoms. The highest BCUT2D eigenvalue weighted by Gasteiger charge is 2.59. The quantitative estimate of drug-likeness (QED) is 0.783. The van der Waals surface area contributed by atoms with Gasteiger partial charge in [0.1, 0.15) is 5.41 Å². The van der Waals surface area contributed by atoms with Crippen molar-refractivity contribution in [3.05, 3.63) is 29.8 Å². The molecule has 0 N–H and O–H groups in total. The average molecular weight is 326 g/mol. The van der Waals surface area contributed by atoms with E-state index < -0.39 is 5.41 Å². The summed E-state index contributed by atoms with van der Waals surface area (Å²) < 4.78 is 0. The monoisotopic (exact) mass is 326 g/mol. The highest BCUT2D eigenvalue weighted by molar-refractivity contribution is 6.14. The van der Waals surface area contributed by atoms with Crippen LogP contribution in [0.15, 0.2) is 24.3 Å².